The summed E-state index contributed by atoms with van der Waals surface area (Å²) in [6.45, 7) is 11.7. The number of carbonyl (C=O) groups is 3. The van der Waals surface area contributed by atoms with Crippen molar-refractivity contribution in [1.82, 2.24) is 4.90 Å². The Balaban J connectivity index is 2.08. The molecule has 1 aliphatic rings. The minimum atomic E-state index is -0.301. The first-order chi connectivity index (χ1) is 12.7. The Morgan fingerprint density at radius 1 is 1.11 bits per heavy atom. The van der Waals surface area contributed by atoms with Gasteiger partial charge in [0.15, 0.2) is 0 Å². The first-order valence-corrected chi connectivity index (χ1v) is 9.64. The summed E-state index contributed by atoms with van der Waals surface area (Å²) in [6.07, 6.45) is 0.249. The zero-order valence-corrected chi connectivity index (χ0v) is 17.0. The van der Waals surface area contributed by atoms with Crippen molar-refractivity contribution < 1.29 is 14.4 Å². The molecule has 0 radical (unpaired) electrons. The molecule has 6 nitrogen and oxygen atoms in total. The highest BCUT2D eigenvalue weighted by Crippen LogP contribution is 2.28. The Morgan fingerprint density at radius 2 is 1.67 bits per heavy atom. The summed E-state index contributed by atoms with van der Waals surface area (Å²) >= 11 is 0. The maximum Gasteiger partial charge on any atom is 0.228 e. The molecule has 27 heavy (non-hydrogen) atoms. The molecule has 0 aliphatic carbocycles. The van der Waals surface area contributed by atoms with Crippen molar-refractivity contribution in [2.45, 2.75) is 41.0 Å². The molecule has 0 saturated carbocycles. The van der Waals surface area contributed by atoms with Crippen LogP contribution in [0.15, 0.2) is 24.3 Å². The van der Waals surface area contributed by atoms with Crippen LogP contribution >= 0.6 is 0 Å². The van der Waals surface area contributed by atoms with Crippen molar-refractivity contribution in [3.05, 3.63) is 24.3 Å². The predicted octanol–water partition coefficient (Wildman–Crippen LogP) is 3.14. The van der Waals surface area contributed by atoms with E-state index in [0.717, 1.165) is 5.69 Å². The van der Waals surface area contributed by atoms with Crippen LogP contribution in [0.4, 0.5) is 11.4 Å². The molecule has 1 aliphatic heterocycles. The number of hydrogen-bond acceptors (Lipinski definition) is 3. The number of anilines is 2. The van der Waals surface area contributed by atoms with Crippen molar-refractivity contribution in [1.29, 1.82) is 0 Å². The Kier molecular flexibility index (Phi) is 6.99. The van der Waals surface area contributed by atoms with Gasteiger partial charge < -0.3 is 15.1 Å². The number of hydrogen-bond donors (Lipinski definition) is 1. The lowest BCUT2D eigenvalue weighted by Gasteiger charge is -2.28. The van der Waals surface area contributed by atoms with Gasteiger partial charge in [-0.05, 0) is 36.1 Å². The van der Waals surface area contributed by atoms with Gasteiger partial charge in [-0.2, -0.15) is 0 Å². The van der Waals surface area contributed by atoms with E-state index in [1.165, 1.54) is 6.92 Å². The third-order valence-electron chi connectivity index (χ3n) is 4.46. The van der Waals surface area contributed by atoms with E-state index in [9.17, 15) is 14.4 Å². The van der Waals surface area contributed by atoms with Crippen molar-refractivity contribution in [2.75, 3.05) is 29.9 Å². The number of benzene rings is 1. The molecule has 1 atom stereocenters. The van der Waals surface area contributed by atoms with E-state index in [0.29, 0.717) is 37.2 Å². The smallest absolute Gasteiger partial charge is 0.228 e. The van der Waals surface area contributed by atoms with Gasteiger partial charge in [-0.3, -0.25) is 14.4 Å². The number of rotatable bonds is 7. The van der Waals surface area contributed by atoms with Crippen LogP contribution in [0.1, 0.15) is 41.0 Å². The average Bonchev–Trinajstić information content (AvgIpc) is 2.94. The largest absolute Gasteiger partial charge is 0.342 e. The number of carbonyl (C=O) groups excluding carboxylic acids is 3. The molecule has 1 aromatic rings. The number of amides is 3. The van der Waals surface area contributed by atoms with E-state index in [1.807, 2.05) is 4.90 Å². The summed E-state index contributed by atoms with van der Waals surface area (Å²) in [5.74, 6) is 0.383. The maximum absolute atomic E-state index is 13.0. The van der Waals surface area contributed by atoms with Crippen molar-refractivity contribution >= 4 is 29.1 Å². The van der Waals surface area contributed by atoms with Gasteiger partial charge in [0.25, 0.3) is 0 Å². The van der Waals surface area contributed by atoms with Crippen LogP contribution in [0.3, 0.4) is 0 Å². The highest BCUT2D eigenvalue weighted by molar-refractivity contribution is 6.00. The second-order valence-corrected chi connectivity index (χ2v) is 8.16. The Morgan fingerprint density at radius 3 is 2.15 bits per heavy atom. The van der Waals surface area contributed by atoms with Gasteiger partial charge in [0.05, 0.1) is 5.92 Å². The first-order valence-electron chi connectivity index (χ1n) is 9.64. The lowest BCUT2D eigenvalue weighted by atomic mass is 10.0. The fourth-order valence-corrected chi connectivity index (χ4v) is 3.44. The minimum Gasteiger partial charge on any atom is -0.342 e. The molecule has 6 heteroatoms. The summed E-state index contributed by atoms with van der Waals surface area (Å²) in [7, 11) is 0. The van der Waals surface area contributed by atoms with Gasteiger partial charge in [0.1, 0.15) is 0 Å². The SMILES string of the molecule is CC(=O)Nc1ccc(N2CC(C(=O)N(CC(C)C)CC(C)C)CC2=O)cc1. The summed E-state index contributed by atoms with van der Waals surface area (Å²) in [6, 6.07) is 7.14. The normalized spacial score (nSPS) is 16.9. The average molecular weight is 373 g/mol. The summed E-state index contributed by atoms with van der Waals surface area (Å²) < 4.78 is 0. The maximum atomic E-state index is 13.0. The molecule has 0 bridgehead atoms. The molecule has 1 aromatic carbocycles. The zero-order chi connectivity index (χ0) is 20.1. The van der Waals surface area contributed by atoms with Gasteiger partial charge in [0, 0.05) is 44.4 Å². The van der Waals surface area contributed by atoms with Crippen LogP contribution in [-0.4, -0.2) is 42.3 Å². The van der Waals surface area contributed by atoms with E-state index in [-0.39, 0.29) is 30.1 Å². The predicted molar refractivity (Wildman–Crippen MR) is 107 cm³/mol. The van der Waals surface area contributed by atoms with Gasteiger partial charge >= 0.3 is 0 Å². The zero-order valence-electron chi connectivity index (χ0n) is 17.0. The summed E-state index contributed by atoms with van der Waals surface area (Å²) in [5, 5.41) is 2.71. The lowest BCUT2D eigenvalue weighted by molar-refractivity contribution is -0.136. The second kappa shape index (κ2) is 9.02. The Labute approximate surface area is 161 Å². The first kappa shape index (κ1) is 20.9. The van der Waals surface area contributed by atoms with E-state index in [1.54, 1.807) is 29.2 Å². The van der Waals surface area contributed by atoms with Crippen LogP contribution in [-0.2, 0) is 14.4 Å². The monoisotopic (exact) mass is 373 g/mol. The van der Waals surface area contributed by atoms with Gasteiger partial charge in [0.2, 0.25) is 17.7 Å². The highest BCUT2D eigenvalue weighted by Gasteiger charge is 2.37. The van der Waals surface area contributed by atoms with Crippen LogP contribution in [0.5, 0.6) is 0 Å². The van der Waals surface area contributed by atoms with Crippen molar-refractivity contribution in [3.8, 4) is 0 Å². The Hall–Kier alpha value is -2.37. The topological polar surface area (TPSA) is 69.7 Å². The van der Waals surface area contributed by atoms with Crippen LogP contribution in [0, 0.1) is 17.8 Å². The van der Waals surface area contributed by atoms with Gasteiger partial charge in [-0.25, -0.2) is 0 Å². The van der Waals surface area contributed by atoms with E-state index in [4.69, 9.17) is 0 Å². The van der Waals surface area contributed by atoms with Crippen molar-refractivity contribution in [3.63, 3.8) is 0 Å². The molecule has 1 saturated heterocycles. The fraction of sp³-hybridized carbons (Fsp3) is 0.571. The molecule has 1 N–H and O–H groups in total. The summed E-state index contributed by atoms with van der Waals surface area (Å²) in [5.41, 5.74) is 1.44. The molecule has 148 valence electrons. The van der Waals surface area contributed by atoms with E-state index in [2.05, 4.69) is 33.0 Å². The van der Waals surface area contributed by atoms with Crippen LogP contribution in [0.25, 0.3) is 0 Å². The molecular weight excluding hydrogens is 342 g/mol. The number of nitrogens with one attached hydrogen (secondary N) is 1. The van der Waals surface area contributed by atoms with Crippen molar-refractivity contribution in [2.24, 2.45) is 17.8 Å². The minimum absolute atomic E-state index is 0.0327. The highest BCUT2D eigenvalue weighted by atomic mass is 16.2. The molecule has 1 fully saturated rings. The van der Waals surface area contributed by atoms with Gasteiger partial charge in [-0.15, -0.1) is 0 Å². The second-order valence-electron chi connectivity index (χ2n) is 8.16. The fourth-order valence-electron chi connectivity index (χ4n) is 3.44. The lowest BCUT2D eigenvalue weighted by Crippen LogP contribution is -2.41. The number of nitrogens with zero attached hydrogens (tertiary/aromatic N) is 2. The van der Waals surface area contributed by atoms with Crippen LogP contribution in [0.2, 0.25) is 0 Å². The molecule has 2 rings (SSSR count). The summed E-state index contributed by atoms with van der Waals surface area (Å²) in [4.78, 5) is 40.2. The standard InChI is InChI=1S/C21H31N3O3/c1-14(2)11-23(12-15(3)4)21(27)17-10-20(26)24(13-17)19-8-6-18(7-9-19)22-16(5)25/h6-9,14-15,17H,10-13H2,1-5H3,(H,22,25). The van der Waals surface area contributed by atoms with E-state index < -0.39 is 0 Å². The molecule has 0 spiro atoms. The molecular formula is C21H31N3O3. The molecule has 1 heterocycles. The van der Waals surface area contributed by atoms with E-state index >= 15 is 0 Å². The van der Waals surface area contributed by atoms with Crippen LogP contribution < -0.4 is 10.2 Å². The quantitative estimate of drug-likeness (QED) is 0.798. The third-order valence-corrected chi connectivity index (χ3v) is 4.46. The molecule has 0 aromatic heterocycles. The third kappa shape index (κ3) is 5.81. The molecule has 3 amide bonds. The van der Waals surface area contributed by atoms with Gasteiger partial charge in [-0.1, -0.05) is 27.7 Å². The Bertz CT molecular complexity index is 672. The molecule has 1 unspecified atom stereocenters.